The summed E-state index contributed by atoms with van der Waals surface area (Å²) >= 11 is 0. The summed E-state index contributed by atoms with van der Waals surface area (Å²) in [4.78, 5) is 26.9. The van der Waals surface area contributed by atoms with E-state index in [1.54, 1.807) is 6.92 Å². The van der Waals surface area contributed by atoms with E-state index in [0.29, 0.717) is 30.2 Å². The van der Waals surface area contributed by atoms with E-state index < -0.39 is 0 Å². The standard InChI is InChI=1S/C19H23N5O3/c1-11-17(12(2)27-22-11)18(25)24-13-3-4-16(24)14-10-20-19(21-15(14)9-13)23-5-7-26-8-6-23/h10,13,16H,3-9H2,1-2H3/t13-,16-/m1/s1. The molecule has 8 nitrogen and oxygen atoms in total. The van der Waals surface area contributed by atoms with E-state index in [2.05, 4.69) is 15.0 Å². The first-order valence-electron chi connectivity index (χ1n) is 9.57. The number of morpholine rings is 1. The van der Waals surface area contributed by atoms with Gasteiger partial charge in [0, 0.05) is 37.3 Å². The topological polar surface area (TPSA) is 84.6 Å². The van der Waals surface area contributed by atoms with E-state index in [0.717, 1.165) is 49.6 Å². The molecule has 27 heavy (non-hydrogen) atoms. The summed E-state index contributed by atoms with van der Waals surface area (Å²) in [7, 11) is 0. The van der Waals surface area contributed by atoms with Gasteiger partial charge in [0.2, 0.25) is 5.95 Å². The molecule has 2 saturated heterocycles. The SMILES string of the molecule is Cc1noc(C)c1C(=O)N1[C@@H]2CC[C@@H]1c1cnc(N3CCOCC3)nc1C2. The van der Waals surface area contributed by atoms with Gasteiger partial charge in [0.05, 0.1) is 30.6 Å². The van der Waals surface area contributed by atoms with Crippen LogP contribution in [-0.2, 0) is 11.2 Å². The molecule has 142 valence electrons. The van der Waals surface area contributed by atoms with Crippen molar-refractivity contribution >= 4 is 11.9 Å². The van der Waals surface area contributed by atoms with Gasteiger partial charge in [-0.1, -0.05) is 5.16 Å². The minimum absolute atomic E-state index is 0.0154. The van der Waals surface area contributed by atoms with E-state index in [1.165, 1.54) is 0 Å². The Kier molecular flexibility index (Phi) is 3.89. The van der Waals surface area contributed by atoms with Gasteiger partial charge in [0.15, 0.2) is 0 Å². The molecule has 3 aliphatic heterocycles. The fourth-order valence-corrected chi connectivity index (χ4v) is 4.61. The molecular weight excluding hydrogens is 346 g/mol. The van der Waals surface area contributed by atoms with Crippen LogP contribution in [0, 0.1) is 13.8 Å². The number of hydrogen-bond donors (Lipinski definition) is 0. The Morgan fingerprint density at radius 3 is 2.78 bits per heavy atom. The Morgan fingerprint density at radius 1 is 1.22 bits per heavy atom. The first-order chi connectivity index (χ1) is 13.1. The predicted molar refractivity (Wildman–Crippen MR) is 96.7 cm³/mol. The number of fused-ring (bicyclic) bond motifs is 4. The first-order valence-corrected chi connectivity index (χ1v) is 9.57. The lowest BCUT2D eigenvalue weighted by atomic mass is 9.98. The van der Waals surface area contributed by atoms with Crippen molar-refractivity contribution < 1.29 is 14.1 Å². The molecule has 0 saturated carbocycles. The summed E-state index contributed by atoms with van der Waals surface area (Å²) in [6.07, 6.45) is 4.64. The summed E-state index contributed by atoms with van der Waals surface area (Å²) in [6, 6.07) is 0.217. The van der Waals surface area contributed by atoms with E-state index >= 15 is 0 Å². The summed E-state index contributed by atoms with van der Waals surface area (Å²) in [5.41, 5.74) is 3.42. The zero-order chi connectivity index (χ0) is 18.5. The maximum atomic E-state index is 13.3. The minimum Gasteiger partial charge on any atom is -0.378 e. The normalized spacial score (nSPS) is 24.2. The van der Waals surface area contributed by atoms with Crippen LogP contribution >= 0.6 is 0 Å². The monoisotopic (exact) mass is 369 g/mol. The van der Waals surface area contributed by atoms with Crippen molar-refractivity contribution in [1.82, 2.24) is 20.0 Å². The highest BCUT2D eigenvalue weighted by Crippen LogP contribution is 2.44. The fourth-order valence-electron chi connectivity index (χ4n) is 4.61. The van der Waals surface area contributed by atoms with Gasteiger partial charge in [0.25, 0.3) is 5.91 Å². The van der Waals surface area contributed by atoms with Crippen molar-refractivity contribution in [2.24, 2.45) is 0 Å². The quantitative estimate of drug-likeness (QED) is 0.798. The van der Waals surface area contributed by atoms with Gasteiger partial charge in [0.1, 0.15) is 11.3 Å². The number of aryl methyl sites for hydroxylation is 2. The highest BCUT2D eigenvalue weighted by Gasteiger charge is 2.45. The molecule has 0 N–H and O–H groups in total. The van der Waals surface area contributed by atoms with Crippen molar-refractivity contribution in [2.75, 3.05) is 31.2 Å². The summed E-state index contributed by atoms with van der Waals surface area (Å²) in [6.45, 7) is 6.69. The third-order valence-corrected chi connectivity index (χ3v) is 5.95. The lowest BCUT2D eigenvalue weighted by molar-refractivity contribution is 0.0641. The van der Waals surface area contributed by atoms with Crippen LogP contribution in [0.1, 0.15) is 52.0 Å². The summed E-state index contributed by atoms with van der Waals surface area (Å²) < 4.78 is 10.6. The Morgan fingerprint density at radius 2 is 2.04 bits per heavy atom. The van der Waals surface area contributed by atoms with Crippen molar-refractivity contribution in [3.63, 3.8) is 0 Å². The van der Waals surface area contributed by atoms with E-state index in [-0.39, 0.29) is 18.0 Å². The molecule has 2 aromatic rings. The van der Waals surface area contributed by atoms with Gasteiger partial charge in [-0.3, -0.25) is 4.79 Å². The number of nitrogens with zero attached hydrogens (tertiary/aromatic N) is 5. The van der Waals surface area contributed by atoms with Crippen molar-refractivity contribution in [1.29, 1.82) is 0 Å². The molecule has 0 spiro atoms. The van der Waals surface area contributed by atoms with Gasteiger partial charge < -0.3 is 19.1 Å². The highest BCUT2D eigenvalue weighted by molar-refractivity contribution is 5.97. The average molecular weight is 369 g/mol. The van der Waals surface area contributed by atoms with Crippen molar-refractivity contribution in [2.45, 2.75) is 45.2 Å². The molecule has 2 bridgehead atoms. The molecule has 1 amide bonds. The zero-order valence-electron chi connectivity index (χ0n) is 15.6. The van der Waals surface area contributed by atoms with Crippen molar-refractivity contribution in [3.8, 4) is 0 Å². The predicted octanol–water partition coefficient (Wildman–Crippen LogP) is 1.82. The first kappa shape index (κ1) is 16.7. The van der Waals surface area contributed by atoms with Crippen LogP contribution in [0.5, 0.6) is 0 Å². The lowest BCUT2D eigenvalue weighted by Gasteiger charge is -2.36. The summed E-state index contributed by atoms with van der Waals surface area (Å²) in [5.74, 6) is 1.38. The van der Waals surface area contributed by atoms with Gasteiger partial charge in [-0.25, -0.2) is 9.97 Å². The molecule has 2 fully saturated rings. The molecule has 0 aliphatic carbocycles. The lowest BCUT2D eigenvalue weighted by Crippen LogP contribution is -2.43. The molecule has 0 unspecified atom stereocenters. The molecule has 0 aromatic carbocycles. The van der Waals surface area contributed by atoms with Crippen LogP contribution in [0.15, 0.2) is 10.7 Å². The second-order valence-corrected chi connectivity index (χ2v) is 7.53. The molecule has 2 atom stereocenters. The Hall–Kier alpha value is -2.48. The maximum absolute atomic E-state index is 13.3. The van der Waals surface area contributed by atoms with Crippen molar-refractivity contribution in [3.05, 3.63) is 34.5 Å². The fraction of sp³-hybridized carbons (Fsp3) is 0.579. The van der Waals surface area contributed by atoms with Gasteiger partial charge >= 0.3 is 0 Å². The largest absolute Gasteiger partial charge is 0.378 e. The Bertz CT molecular complexity index is 870. The number of amides is 1. The average Bonchev–Trinajstić information content (AvgIpc) is 3.19. The van der Waals surface area contributed by atoms with Crippen LogP contribution in [-0.4, -0.2) is 58.3 Å². The number of aromatic nitrogens is 3. The molecule has 8 heteroatoms. The van der Waals surface area contributed by atoms with Gasteiger partial charge in [-0.05, 0) is 26.7 Å². The summed E-state index contributed by atoms with van der Waals surface area (Å²) in [5, 5.41) is 3.95. The third-order valence-electron chi connectivity index (χ3n) is 5.95. The second-order valence-electron chi connectivity index (χ2n) is 7.53. The van der Waals surface area contributed by atoms with Gasteiger partial charge in [-0.15, -0.1) is 0 Å². The Balaban J connectivity index is 1.46. The number of anilines is 1. The van der Waals surface area contributed by atoms with Crippen LogP contribution in [0.25, 0.3) is 0 Å². The molecule has 0 radical (unpaired) electrons. The second kappa shape index (κ2) is 6.30. The molecule has 5 rings (SSSR count). The maximum Gasteiger partial charge on any atom is 0.260 e. The molecule has 2 aromatic heterocycles. The Labute approximate surface area is 157 Å². The minimum atomic E-state index is 0.0154. The molecule has 5 heterocycles. The number of rotatable bonds is 2. The van der Waals surface area contributed by atoms with E-state index in [1.807, 2.05) is 18.0 Å². The van der Waals surface area contributed by atoms with E-state index in [4.69, 9.17) is 14.2 Å². The van der Waals surface area contributed by atoms with Gasteiger partial charge in [-0.2, -0.15) is 0 Å². The van der Waals surface area contributed by atoms with Crippen LogP contribution < -0.4 is 4.90 Å². The van der Waals surface area contributed by atoms with Crippen LogP contribution in [0.4, 0.5) is 5.95 Å². The number of carbonyl (C=O) groups excluding carboxylic acids is 1. The van der Waals surface area contributed by atoms with E-state index in [9.17, 15) is 4.79 Å². The smallest absolute Gasteiger partial charge is 0.260 e. The molecular formula is C19H23N5O3. The number of hydrogen-bond acceptors (Lipinski definition) is 7. The molecule has 3 aliphatic rings. The van der Waals surface area contributed by atoms with Crippen LogP contribution in [0.3, 0.4) is 0 Å². The zero-order valence-corrected chi connectivity index (χ0v) is 15.6. The number of ether oxygens (including phenoxy) is 1. The number of carbonyl (C=O) groups is 1. The van der Waals surface area contributed by atoms with Crippen LogP contribution in [0.2, 0.25) is 0 Å². The third kappa shape index (κ3) is 2.62. The highest BCUT2D eigenvalue weighted by atomic mass is 16.5.